The topological polar surface area (TPSA) is 49.5 Å². The Morgan fingerprint density at radius 3 is 3.13 bits per heavy atom. The molecule has 5 heteroatoms. The molecule has 1 aromatic rings. The SMILES string of the molecule is CC1SCCN(c2nc(CO)co2)C1C. The zero-order valence-corrected chi connectivity index (χ0v) is 9.83. The van der Waals surface area contributed by atoms with Gasteiger partial charge in [0.1, 0.15) is 12.0 Å². The molecule has 4 nitrogen and oxygen atoms in total. The van der Waals surface area contributed by atoms with E-state index in [1.807, 2.05) is 11.8 Å². The Labute approximate surface area is 93.7 Å². The van der Waals surface area contributed by atoms with E-state index in [1.165, 1.54) is 6.26 Å². The molecule has 0 bridgehead atoms. The number of nitrogens with zero attached hydrogens (tertiary/aromatic N) is 2. The summed E-state index contributed by atoms with van der Waals surface area (Å²) >= 11 is 1.98. The van der Waals surface area contributed by atoms with Crippen LogP contribution in [-0.2, 0) is 6.61 Å². The van der Waals surface area contributed by atoms with Crippen LogP contribution in [0.25, 0.3) is 0 Å². The number of anilines is 1. The maximum absolute atomic E-state index is 8.92. The molecule has 0 radical (unpaired) electrons. The molecule has 1 N–H and O–H groups in total. The van der Waals surface area contributed by atoms with Crippen LogP contribution in [0, 0.1) is 0 Å². The summed E-state index contributed by atoms with van der Waals surface area (Å²) in [5.41, 5.74) is 0.600. The van der Waals surface area contributed by atoms with Crippen LogP contribution in [0.2, 0.25) is 0 Å². The third-order valence-corrected chi connectivity index (χ3v) is 4.17. The van der Waals surface area contributed by atoms with Crippen LogP contribution in [0.5, 0.6) is 0 Å². The van der Waals surface area contributed by atoms with Gasteiger partial charge in [0, 0.05) is 23.6 Å². The van der Waals surface area contributed by atoms with E-state index in [9.17, 15) is 0 Å². The lowest BCUT2D eigenvalue weighted by Gasteiger charge is -2.36. The van der Waals surface area contributed by atoms with E-state index in [0.29, 0.717) is 23.0 Å². The Bertz CT molecular complexity index is 329. The molecule has 1 aromatic heterocycles. The zero-order valence-electron chi connectivity index (χ0n) is 9.01. The average Bonchev–Trinajstić information content (AvgIpc) is 2.70. The Morgan fingerprint density at radius 1 is 1.67 bits per heavy atom. The lowest BCUT2D eigenvalue weighted by Crippen LogP contribution is -2.44. The van der Waals surface area contributed by atoms with Gasteiger partial charge in [0.2, 0.25) is 0 Å². The minimum absolute atomic E-state index is 0.0595. The minimum atomic E-state index is -0.0595. The van der Waals surface area contributed by atoms with Gasteiger partial charge >= 0.3 is 0 Å². The van der Waals surface area contributed by atoms with Gasteiger partial charge in [-0.25, -0.2) is 0 Å². The summed E-state index contributed by atoms with van der Waals surface area (Å²) in [6, 6.07) is 1.06. The third-order valence-electron chi connectivity index (χ3n) is 2.83. The fourth-order valence-electron chi connectivity index (χ4n) is 1.70. The fourth-order valence-corrected chi connectivity index (χ4v) is 2.80. The van der Waals surface area contributed by atoms with Crippen molar-refractivity contribution in [2.45, 2.75) is 31.7 Å². The first-order valence-corrected chi connectivity index (χ1v) is 6.20. The van der Waals surface area contributed by atoms with Crippen molar-refractivity contribution in [2.24, 2.45) is 0 Å². The number of hydrogen-bond acceptors (Lipinski definition) is 5. The Kier molecular flexibility index (Phi) is 3.21. The monoisotopic (exact) mass is 228 g/mol. The van der Waals surface area contributed by atoms with Crippen LogP contribution in [-0.4, -0.2) is 33.7 Å². The van der Waals surface area contributed by atoms with Gasteiger partial charge in [0.25, 0.3) is 6.01 Å². The second-order valence-corrected chi connectivity index (χ2v) is 5.27. The average molecular weight is 228 g/mol. The quantitative estimate of drug-likeness (QED) is 0.831. The van der Waals surface area contributed by atoms with Gasteiger partial charge in [-0.1, -0.05) is 6.92 Å². The van der Waals surface area contributed by atoms with Crippen molar-refractivity contribution in [3.05, 3.63) is 12.0 Å². The molecular weight excluding hydrogens is 212 g/mol. The number of rotatable bonds is 2. The summed E-state index contributed by atoms with van der Waals surface area (Å²) in [4.78, 5) is 6.40. The van der Waals surface area contributed by atoms with Crippen LogP contribution in [0.3, 0.4) is 0 Å². The summed E-state index contributed by atoms with van der Waals surface area (Å²) in [7, 11) is 0. The van der Waals surface area contributed by atoms with E-state index >= 15 is 0 Å². The Balaban J connectivity index is 2.14. The van der Waals surface area contributed by atoms with Crippen molar-refractivity contribution in [1.29, 1.82) is 0 Å². The molecule has 1 aliphatic rings. The summed E-state index contributed by atoms with van der Waals surface area (Å²) in [5, 5.41) is 9.51. The van der Waals surface area contributed by atoms with Gasteiger partial charge in [0.05, 0.1) is 6.61 Å². The number of aliphatic hydroxyl groups is 1. The first-order valence-electron chi connectivity index (χ1n) is 5.16. The highest BCUT2D eigenvalue weighted by molar-refractivity contribution is 8.00. The van der Waals surface area contributed by atoms with Crippen molar-refractivity contribution in [1.82, 2.24) is 4.98 Å². The molecule has 0 aliphatic carbocycles. The predicted octanol–water partition coefficient (Wildman–Crippen LogP) is 1.50. The van der Waals surface area contributed by atoms with Crippen LogP contribution in [0.4, 0.5) is 6.01 Å². The van der Waals surface area contributed by atoms with Crippen LogP contribution < -0.4 is 4.90 Å². The lowest BCUT2D eigenvalue weighted by atomic mass is 10.2. The van der Waals surface area contributed by atoms with E-state index in [1.54, 1.807) is 0 Å². The fraction of sp³-hybridized carbons (Fsp3) is 0.700. The number of oxazole rings is 1. The van der Waals surface area contributed by atoms with Crippen LogP contribution >= 0.6 is 11.8 Å². The zero-order chi connectivity index (χ0) is 10.8. The lowest BCUT2D eigenvalue weighted by molar-refractivity contribution is 0.276. The second kappa shape index (κ2) is 4.45. The maximum Gasteiger partial charge on any atom is 0.297 e. The van der Waals surface area contributed by atoms with E-state index in [0.717, 1.165) is 12.3 Å². The number of aromatic nitrogens is 1. The number of hydrogen-bond donors (Lipinski definition) is 1. The molecule has 0 amide bonds. The smallest absolute Gasteiger partial charge is 0.297 e. The van der Waals surface area contributed by atoms with Gasteiger partial charge in [-0.3, -0.25) is 0 Å². The first kappa shape index (κ1) is 10.8. The first-order chi connectivity index (χ1) is 7.22. The third kappa shape index (κ3) is 2.13. The molecule has 1 saturated heterocycles. The van der Waals surface area contributed by atoms with Gasteiger partial charge in [-0.2, -0.15) is 16.7 Å². The minimum Gasteiger partial charge on any atom is -0.432 e. The van der Waals surface area contributed by atoms with Crippen molar-refractivity contribution in [3.63, 3.8) is 0 Å². The molecule has 1 aliphatic heterocycles. The van der Waals surface area contributed by atoms with E-state index in [4.69, 9.17) is 9.52 Å². The number of thioether (sulfide) groups is 1. The summed E-state index contributed by atoms with van der Waals surface area (Å²) in [6.45, 7) is 5.30. The molecule has 15 heavy (non-hydrogen) atoms. The maximum atomic E-state index is 8.92. The Hall–Kier alpha value is -0.680. The molecule has 1 fully saturated rings. The molecule has 2 atom stereocenters. The normalized spacial score (nSPS) is 27.0. The highest BCUT2D eigenvalue weighted by Gasteiger charge is 2.28. The second-order valence-electron chi connectivity index (χ2n) is 3.79. The molecule has 0 aromatic carbocycles. The summed E-state index contributed by atoms with van der Waals surface area (Å²) in [6.07, 6.45) is 1.52. The number of aliphatic hydroxyl groups excluding tert-OH is 1. The van der Waals surface area contributed by atoms with Gasteiger partial charge < -0.3 is 14.4 Å². The van der Waals surface area contributed by atoms with Crippen molar-refractivity contribution < 1.29 is 9.52 Å². The van der Waals surface area contributed by atoms with Crippen LogP contribution in [0.1, 0.15) is 19.5 Å². The van der Waals surface area contributed by atoms with Gasteiger partial charge in [0.15, 0.2) is 0 Å². The highest BCUT2D eigenvalue weighted by Crippen LogP contribution is 2.28. The molecule has 0 spiro atoms. The van der Waals surface area contributed by atoms with E-state index < -0.39 is 0 Å². The Morgan fingerprint density at radius 2 is 2.47 bits per heavy atom. The van der Waals surface area contributed by atoms with E-state index in [-0.39, 0.29) is 6.61 Å². The van der Waals surface area contributed by atoms with Crippen molar-refractivity contribution in [2.75, 3.05) is 17.2 Å². The standard InChI is InChI=1S/C10H16N2O2S/c1-7-8(2)15-4-3-12(7)10-11-9(5-13)6-14-10/h6-8,13H,3-5H2,1-2H3. The molecular formula is C10H16N2O2S. The molecule has 2 rings (SSSR count). The van der Waals surface area contributed by atoms with Crippen molar-refractivity contribution >= 4 is 17.8 Å². The molecule has 2 heterocycles. The summed E-state index contributed by atoms with van der Waals surface area (Å²) < 4.78 is 5.36. The predicted molar refractivity (Wildman–Crippen MR) is 61.2 cm³/mol. The molecule has 0 saturated carbocycles. The van der Waals surface area contributed by atoms with Crippen LogP contribution in [0.15, 0.2) is 10.7 Å². The molecule has 84 valence electrons. The largest absolute Gasteiger partial charge is 0.432 e. The molecule has 2 unspecified atom stereocenters. The van der Waals surface area contributed by atoms with Crippen molar-refractivity contribution in [3.8, 4) is 0 Å². The highest BCUT2D eigenvalue weighted by atomic mass is 32.2. The van der Waals surface area contributed by atoms with Gasteiger partial charge in [-0.05, 0) is 6.92 Å². The van der Waals surface area contributed by atoms with E-state index in [2.05, 4.69) is 23.7 Å². The van der Waals surface area contributed by atoms with Gasteiger partial charge in [-0.15, -0.1) is 0 Å². The summed E-state index contributed by atoms with van der Waals surface area (Å²) in [5.74, 6) is 1.10.